The summed E-state index contributed by atoms with van der Waals surface area (Å²) in [6.45, 7) is 2.28. The van der Waals surface area contributed by atoms with Crippen LogP contribution in [0, 0.1) is 0 Å². The highest BCUT2D eigenvalue weighted by Crippen LogP contribution is 2.21. The van der Waals surface area contributed by atoms with Gasteiger partial charge in [0.05, 0.1) is 0 Å². The number of hydrogen-bond donors (Lipinski definition) is 1. The lowest BCUT2D eigenvalue weighted by molar-refractivity contribution is 0.104. The van der Waals surface area contributed by atoms with Crippen LogP contribution in [0.4, 0.5) is 5.69 Å². The second-order valence-electron chi connectivity index (χ2n) is 8.98. The van der Waals surface area contributed by atoms with Crippen LogP contribution in [0.1, 0.15) is 106 Å². The van der Waals surface area contributed by atoms with Gasteiger partial charge >= 0.3 is 0 Å². The lowest BCUT2D eigenvalue weighted by Gasteiger charge is -2.04. The Morgan fingerprint density at radius 3 is 1.94 bits per heavy atom. The van der Waals surface area contributed by atoms with Gasteiger partial charge in [0.1, 0.15) is 0 Å². The predicted octanol–water partition coefficient (Wildman–Crippen LogP) is 9.35. The molecular formula is C30H43NOS. The molecule has 3 heteroatoms. The minimum absolute atomic E-state index is 0.0249. The van der Waals surface area contributed by atoms with E-state index in [1.54, 1.807) is 30.3 Å². The molecule has 2 N–H and O–H groups in total. The van der Waals surface area contributed by atoms with Crippen LogP contribution in [-0.2, 0) is 0 Å². The van der Waals surface area contributed by atoms with Gasteiger partial charge in [-0.2, -0.15) is 0 Å². The number of ketones is 1. The summed E-state index contributed by atoms with van der Waals surface area (Å²) in [6.07, 6.45) is 21.7. The van der Waals surface area contributed by atoms with E-state index in [2.05, 4.69) is 31.2 Å². The van der Waals surface area contributed by atoms with Gasteiger partial charge in [0.2, 0.25) is 0 Å². The number of carbonyl (C=O) groups excluding carboxylic acids is 1. The Morgan fingerprint density at radius 1 is 0.788 bits per heavy atom. The minimum atomic E-state index is -0.0249. The van der Waals surface area contributed by atoms with Crippen molar-refractivity contribution >= 4 is 29.3 Å². The van der Waals surface area contributed by atoms with E-state index in [1.165, 1.54) is 94.1 Å². The Kier molecular flexibility index (Phi) is 14.4. The van der Waals surface area contributed by atoms with Crippen LogP contribution in [0.3, 0.4) is 0 Å². The molecule has 2 nitrogen and oxygen atoms in total. The van der Waals surface area contributed by atoms with E-state index in [1.807, 2.05) is 17.8 Å². The number of thioether (sulfide) groups is 1. The third-order valence-electron chi connectivity index (χ3n) is 6.00. The fourth-order valence-corrected chi connectivity index (χ4v) is 4.86. The third-order valence-corrected chi connectivity index (χ3v) is 7.09. The van der Waals surface area contributed by atoms with Gasteiger partial charge in [-0.05, 0) is 48.1 Å². The van der Waals surface area contributed by atoms with Crippen LogP contribution >= 0.6 is 11.8 Å². The quantitative estimate of drug-likeness (QED) is 0.0784. The molecule has 0 aliphatic heterocycles. The number of nitrogen functional groups attached to an aromatic ring is 1. The predicted molar refractivity (Wildman–Crippen MR) is 147 cm³/mol. The molecule has 0 spiro atoms. The molecule has 0 saturated heterocycles. The standard InChI is InChI=1S/C30H43NOS/c1-2-3-4-5-6-7-8-9-10-11-12-13-14-24-33-29-21-18-26(19-22-29)20-23-30(32)27-16-15-17-28(31)25-27/h15-23,25H,2-14,24,31H2,1H3. The van der Waals surface area contributed by atoms with Crippen molar-refractivity contribution in [3.63, 3.8) is 0 Å². The molecule has 33 heavy (non-hydrogen) atoms. The van der Waals surface area contributed by atoms with Gasteiger partial charge in [-0.3, -0.25) is 4.79 Å². The van der Waals surface area contributed by atoms with E-state index in [-0.39, 0.29) is 5.78 Å². The average molecular weight is 466 g/mol. The van der Waals surface area contributed by atoms with Crippen molar-refractivity contribution in [1.82, 2.24) is 0 Å². The van der Waals surface area contributed by atoms with Crippen LogP contribution < -0.4 is 5.73 Å². The second-order valence-corrected chi connectivity index (χ2v) is 10.2. The summed E-state index contributed by atoms with van der Waals surface area (Å²) in [5, 5.41) is 0. The lowest BCUT2D eigenvalue weighted by atomic mass is 10.1. The maximum Gasteiger partial charge on any atom is 0.185 e. The van der Waals surface area contributed by atoms with Crippen LogP contribution in [-0.4, -0.2) is 11.5 Å². The van der Waals surface area contributed by atoms with E-state index < -0.39 is 0 Å². The Morgan fingerprint density at radius 2 is 1.36 bits per heavy atom. The summed E-state index contributed by atoms with van der Waals surface area (Å²) in [5.41, 5.74) is 8.02. The van der Waals surface area contributed by atoms with Crippen LogP contribution in [0.5, 0.6) is 0 Å². The van der Waals surface area contributed by atoms with Crippen LogP contribution in [0.25, 0.3) is 6.08 Å². The number of benzene rings is 2. The zero-order valence-electron chi connectivity index (χ0n) is 20.6. The van der Waals surface area contributed by atoms with E-state index >= 15 is 0 Å². The zero-order chi connectivity index (χ0) is 23.6. The number of anilines is 1. The van der Waals surface area contributed by atoms with Gasteiger partial charge in [-0.15, -0.1) is 11.8 Å². The molecule has 180 valence electrons. The van der Waals surface area contributed by atoms with Crippen molar-refractivity contribution in [2.75, 3.05) is 11.5 Å². The largest absolute Gasteiger partial charge is 0.399 e. The SMILES string of the molecule is CCCCCCCCCCCCCCCSc1ccc(C=CC(=O)c2cccc(N)c2)cc1. The Bertz CT molecular complexity index is 812. The number of rotatable bonds is 18. The molecule has 0 saturated carbocycles. The average Bonchev–Trinajstić information content (AvgIpc) is 2.83. The van der Waals surface area contributed by atoms with E-state index in [9.17, 15) is 4.79 Å². The van der Waals surface area contributed by atoms with Crippen molar-refractivity contribution < 1.29 is 4.79 Å². The van der Waals surface area contributed by atoms with Gasteiger partial charge in [-0.1, -0.05) is 114 Å². The van der Waals surface area contributed by atoms with E-state index in [0.29, 0.717) is 11.3 Å². The smallest absolute Gasteiger partial charge is 0.185 e. The minimum Gasteiger partial charge on any atom is -0.399 e. The molecule has 0 aromatic heterocycles. The summed E-state index contributed by atoms with van der Waals surface area (Å²) in [5.74, 6) is 1.16. The first kappa shape index (κ1) is 27.2. The number of carbonyl (C=O) groups is 1. The van der Waals surface area contributed by atoms with Gasteiger partial charge in [0.15, 0.2) is 5.78 Å². The second kappa shape index (κ2) is 17.5. The fraction of sp³-hybridized carbons (Fsp3) is 0.500. The normalized spacial score (nSPS) is 11.3. The molecule has 0 aliphatic carbocycles. The monoisotopic (exact) mass is 465 g/mol. The van der Waals surface area contributed by atoms with Gasteiger partial charge in [0, 0.05) is 16.1 Å². The van der Waals surface area contributed by atoms with E-state index in [0.717, 1.165) is 5.56 Å². The summed E-state index contributed by atoms with van der Waals surface area (Å²) in [4.78, 5) is 13.5. The molecule has 0 atom stereocenters. The van der Waals surface area contributed by atoms with Crippen molar-refractivity contribution in [1.29, 1.82) is 0 Å². The highest BCUT2D eigenvalue weighted by atomic mass is 32.2. The zero-order valence-corrected chi connectivity index (χ0v) is 21.4. The highest BCUT2D eigenvalue weighted by molar-refractivity contribution is 7.99. The lowest BCUT2D eigenvalue weighted by Crippen LogP contribution is -1.95. The van der Waals surface area contributed by atoms with Crippen molar-refractivity contribution in [2.45, 2.75) is 95.3 Å². The van der Waals surface area contributed by atoms with Gasteiger partial charge in [0.25, 0.3) is 0 Å². The number of nitrogens with two attached hydrogens (primary N) is 1. The molecule has 0 fully saturated rings. The molecule has 2 aromatic carbocycles. The summed E-state index contributed by atoms with van der Waals surface area (Å²) < 4.78 is 0. The van der Waals surface area contributed by atoms with Gasteiger partial charge in [-0.25, -0.2) is 0 Å². The Hall–Kier alpha value is -2.00. The molecule has 2 rings (SSSR count). The topological polar surface area (TPSA) is 43.1 Å². The molecule has 0 radical (unpaired) electrons. The van der Waals surface area contributed by atoms with Crippen molar-refractivity contribution in [3.05, 3.63) is 65.7 Å². The van der Waals surface area contributed by atoms with Gasteiger partial charge < -0.3 is 5.73 Å². The summed E-state index contributed by atoms with van der Waals surface area (Å²) in [7, 11) is 0. The summed E-state index contributed by atoms with van der Waals surface area (Å²) >= 11 is 1.93. The fourth-order valence-electron chi connectivity index (χ4n) is 3.95. The molecule has 0 heterocycles. The molecule has 2 aromatic rings. The number of unbranched alkanes of at least 4 members (excludes halogenated alkanes) is 12. The first-order chi connectivity index (χ1) is 16.2. The number of hydrogen-bond acceptors (Lipinski definition) is 3. The van der Waals surface area contributed by atoms with Crippen molar-refractivity contribution in [2.24, 2.45) is 0 Å². The molecular weight excluding hydrogens is 422 g/mol. The van der Waals surface area contributed by atoms with Crippen molar-refractivity contribution in [3.8, 4) is 0 Å². The highest BCUT2D eigenvalue weighted by Gasteiger charge is 2.02. The molecule has 0 unspecified atom stereocenters. The Balaban J connectivity index is 1.50. The maximum atomic E-state index is 12.2. The third kappa shape index (κ3) is 12.7. The van der Waals surface area contributed by atoms with E-state index in [4.69, 9.17) is 5.73 Å². The molecule has 0 bridgehead atoms. The van der Waals surface area contributed by atoms with Crippen LogP contribution in [0.2, 0.25) is 0 Å². The summed E-state index contributed by atoms with van der Waals surface area (Å²) in [6, 6.07) is 15.6. The number of allylic oxidation sites excluding steroid dienone is 1. The Labute approximate surface area is 206 Å². The molecule has 0 amide bonds. The molecule has 0 aliphatic rings. The maximum absolute atomic E-state index is 12.2. The first-order valence-corrected chi connectivity index (χ1v) is 14.0. The first-order valence-electron chi connectivity index (χ1n) is 13.0. The van der Waals surface area contributed by atoms with Crippen LogP contribution in [0.15, 0.2) is 59.5 Å².